The summed E-state index contributed by atoms with van der Waals surface area (Å²) in [5.74, 6) is 0.835. The van der Waals surface area contributed by atoms with Gasteiger partial charge in [0.15, 0.2) is 0 Å². The maximum absolute atomic E-state index is 12.2. The monoisotopic (exact) mass is 340 g/mol. The summed E-state index contributed by atoms with van der Waals surface area (Å²) >= 11 is 0. The van der Waals surface area contributed by atoms with Crippen molar-refractivity contribution in [2.75, 3.05) is 0 Å². The Morgan fingerprint density at radius 3 is 1.84 bits per heavy atom. The standard InChI is InChI=1S/C23H32O2/c1-21(2,3)15-12-17(24)25-16-11-13-10-14(18(15)16)20(23(7,8)9)19(13)22(4,5)6/h10-12,19-20H,1-9H3. The van der Waals surface area contributed by atoms with Crippen molar-refractivity contribution < 1.29 is 4.42 Å². The van der Waals surface area contributed by atoms with E-state index < -0.39 is 0 Å². The van der Waals surface area contributed by atoms with Gasteiger partial charge in [0.2, 0.25) is 0 Å². The van der Waals surface area contributed by atoms with Crippen LogP contribution in [0.15, 0.2) is 27.4 Å². The molecule has 3 rings (SSSR count). The molecule has 0 spiro atoms. The van der Waals surface area contributed by atoms with Crippen molar-refractivity contribution in [3.8, 4) is 0 Å². The average molecular weight is 341 g/mol. The fourth-order valence-corrected chi connectivity index (χ4v) is 4.71. The molecule has 1 aliphatic carbocycles. The van der Waals surface area contributed by atoms with E-state index >= 15 is 0 Å². The minimum Gasteiger partial charge on any atom is -0.423 e. The molecule has 0 N–H and O–H groups in total. The van der Waals surface area contributed by atoms with Gasteiger partial charge in [-0.15, -0.1) is 0 Å². The Morgan fingerprint density at radius 1 is 0.800 bits per heavy atom. The van der Waals surface area contributed by atoms with Gasteiger partial charge in [0.05, 0.1) is 0 Å². The van der Waals surface area contributed by atoms with Crippen LogP contribution in [-0.2, 0) is 5.41 Å². The molecule has 2 heteroatoms. The lowest BCUT2D eigenvalue weighted by Gasteiger charge is -2.40. The minimum atomic E-state index is -0.248. The van der Waals surface area contributed by atoms with Gasteiger partial charge < -0.3 is 4.42 Å². The Bertz CT molecular complexity index is 880. The molecule has 0 fully saturated rings. The molecule has 1 aromatic heterocycles. The van der Waals surface area contributed by atoms with Crippen LogP contribution >= 0.6 is 0 Å². The molecule has 2 nitrogen and oxygen atoms in total. The Kier molecular flexibility index (Phi) is 3.80. The first kappa shape index (κ1) is 18.2. The number of rotatable bonds is 0. The van der Waals surface area contributed by atoms with Gasteiger partial charge >= 0.3 is 5.63 Å². The van der Waals surface area contributed by atoms with Crippen molar-refractivity contribution in [2.24, 2.45) is 10.8 Å². The molecule has 0 saturated carbocycles. The maximum atomic E-state index is 12.2. The van der Waals surface area contributed by atoms with Crippen LogP contribution in [-0.4, -0.2) is 0 Å². The van der Waals surface area contributed by atoms with Gasteiger partial charge in [-0.25, -0.2) is 4.79 Å². The van der Waals surface area contributed by atoms with E-state index in [4.69, 9.17) is 4.42 Å². The van der Waals surface area contributed by atoms with E-state index in [0.29, 0.717) is 11.8 Å². The molecule has 0 saturated heterocycles. The predicted octanol–water partition coefficient (Wildman–Crippen LogP) is 6.36. The third-order valence-electron chi connectivity index (χ3n) is 5.60. The highest BCUT2D eigenvalue weighted by molar-refractivity contribution is 5.88. The molecule has 136 valence electrons. The van der Waals surface area contributed by atoms with Crippen LogP contribution in [0.2, 0.25) is 0 Å². The molecule has 2 bridgehead atoms. The van der Waals surface area contributed by atoms with Crippen LogP contribution < -0.4 is 5.63 Å². The van der Waals surface area contributed by atoms with Crippen molar-refractivity contribution >= 4 is 11.0 Å². The molecular formula is C23H32O2. The van der Waals surface area contributed by atoms with E-state index in [9.17, 15) is 4.79 Å². The molecule has 1 heterocycles. The van der Waals surface area contributed by atoms with E-state index in [1.807, 2.05) is 0 Å². The smallest absolute Gasteiger partial charge is 0.336 e. The molecule has 1 aliphatic rings. The normalized spacial score (nSPS) is 21.2. The highest BCUT2D eigenvalue weighted by Crippen LogP contribution is 2.59. The molecule has 1 aromatic carbocycles. The molecule has 25 heavy (non-hydrogen) atoms. The summed E-state index contributed by atoms with van der Waals surface area (Å²) in [6.07, 6.45) is 0. The number of fused-ring (bicyclic) bond motifs is 4. The highest BCUT2D eigenvalue weighted by atomic mass is 16.4. The van der Waals surface area contributed by atoms with E-state index in [2.05, 4.69) is 74.4 Å². The molecule has 2 atom stereocenters. The summed E-state index contributed by atoms with van der Waals surface area (Å²) < 4.78 is 5.67. The maximum Gasteiger partial charge on any atom is 0.336 e. The second-order valence-corrected chi connectivity index (χ2v) is 10.9. The lowest BCUT2D eigenvalue weighted by Crippen LogP contribution is -2.29. The first-order valence-electron chi connectivity index (χ1n) is 9.33. The molecule has 0 aliphatic heterocycles. The highest BCUT2D eigenvalue weighted by Gasteiger charge is 2.46. The molecular weight excluding hydrogens is 308 g/mol. The third kappa shape index (κ3) is 2.94. The Balaban J connectivity index is 2.44. The van der Waals surface area contributed by atoms with E-state index in [-0.39, 0.29) is 21.9 Å². The summed E-state index contributed by atoms with van der Waals surface area (Å²) in [7, 11) is 0. The van der Waals surface area contributed by atoms with E-state index in [1.165, 1.54) is 11.1 Å². The largest absolute Gasteiger partial charge is 0.423 e. The summed E-state index contributed by atoms with van der Waals surface area (Å²) in [6.45, 7) is 20.4. The van der Waals surface area contributed by atoms with Crippen molar-refractivity contribution in [1.82, 2.24) is 0 Å². The molecule has 0 radical (unpaired) electrons. The van der Waals surface area contributed by atoms with Crippen LogP contribution in [0.1, 0.15) is 90.8 Å². The lowest BCUT2D eigenvalue weighted by molar-refractivity contribution is 0.197. The first-order valence-corrected chi connectivity index (χ1v) is 9.33. The predicted molar refractivity (Wildman–Crippen MR) is 106 cm³/mol. The van der Waals surface area contributed by atoms with Crippen LogP contribution in [0.5, 0.6) is 0 Å². The van der Waals surface area contributed by atoms with Gasteiger partial charge in [0, 0.05) is 11.5 Å². The molecule has 2 unspecified atom stereocenters. The van der Waals surface area contributed by atoms with Crippen LogP contribution in [0.25, 0.3) is 11.0 Å². The summed E-state index contributed by atoms with van der Waals surface area (Å²) in [5, 5.41) is 1.16. The minimum absolute atomic E-state index is 0.103. The van der Waals surface area contributed by atoms with Gasteiger partial charge in [0.25, 0.3) is 0 Å². The lowest BCUT2D eigenvalue weighted by atomic mass is 9.63. The quantitative estimate of drug-likeness (QED) is 0.522. The molecule has 2 aromatic rings. The van der Waals surface area contributed by atoms with Gasteiger partial charge in [0.1, 0.15) is 5.58 Å². The van der Waals surface area contributed by atoms with E-state index in [1.54, 1.807) is 6.07 Å². The van der Waals surface area contributed by atoms with Crippen LogP contribution in [0.4, 0.5) is 0 Å². The Hall–Kier alpha value is -1.57. The molecule has 0 amide bonds. The second kappa shape index (κ2) is 5.22. The second-order valence-electron chi connectivity index (χ2n) is 10.9. The van der Waals surface area contributed by atoms with Gasteiger partial charge in [-0.3, -0.25) is 0 Å². The average Bonchev–Trinajstić information content (AvgIpc) is 2.70. The van der Waals surface area contributed by atoms with E-state index in [0.717, 1.165) is 16.5 Å². The number of hydrogen-bond acceptors (Lipinski definition) is 2. The van der Waals surface area contributed by atoms with Crippen LogP contribution in [0.3, 0.4) is 0 Å². The summed E-state index contributed by atoms with van der Waals surface area (Å²) in [5.41, 5.74) is 4.45. The third-order valence-corrected chi connectivity index (χ3v) is 5.60. The Morgan fingerprint density at radius 2 is 1.36 bits per heavy atom. The summed E-state index contributed by atoms with van der Waals surface area (Å²) in [6, 6.07) is 6.18. The fourth-order valence-electron chi connectivity index (χ4n) is 4.71. The zero-order valence-corrected chi connectivity index (χ0v) is 17.2. The SMILES string of the molecule is CC(C)(C)c1cc(=O)oc2cc3cc(c12)C(C(C)(C)C)C3C(C)(C)C. The first-order chi connectivity index (χ1) is 11.2. The number of hydrogen-bond donors (Lipinski definition) is 0. The Labute approximate surface area is 151 Å². The van der Waals surface area contributed by atoms with Crippen molar-refractivity contribution in [3.63, 3.8) is 0 Å². The zero-order chi connectivity index (χ0) is 18.9. The zero-order valence-electron chi connectivity index (χ0n) is 17.2. The van der Waals surface area contributed by atoms with Crippen LogP contribution in [0, 0.1) is 10.8 Å². The van der Waals surface area contributed by atoms with Crippen molar-refractivity contribution in [2.45, 2.75) is 79.6 Å². The van der Waals surface area contributed by atoms with Crippen molar-refractivity contribution in [1.29, 1.82) is 0 Å². The fraction of sp³-hybridized carbons (Fsp3) is 0.609. The summed E-state index contributed by atoms with van der Waals surface area (Å²) in [4.78, 5) is 12.2. The topological polar surface area (TPSA) is 30.2 Å². The van der Waals surface area contributed by atoms with Gasteiger partial charge in [-0.05, 0) is 50.8 Å². The number of benzene rings is 1. The van der Waals surface area contributed by atoms with Gasteiger partial charge in [-0.1, -0.05) is 68.4 Å². The van der Waals surface area contributed by atoms with Crippen molar-refractivity contribution in [3.05, 3.63) is 45.3 Å². The van der Waals surface area contributed by atoms with Gasteiger partial charge in [-0.2, -0.15) is 0 Å².